The summed E-state index contributed by atoms with van der Waals surface area (Å²) in [5, 5.41) is 25.9. The van der Waals surface area contributed by atoms with E-state index in [1.54, 1.807) is 0 Å². The van der Waals surface area contributed by atoms with Crippen LogP contribution in [0.15, 0.2) is 18.2 Å². The zero-order valence-electron chi connectivity index (χ0n) is 10.3. The molecular weight excluding hydrogens is 248 g/mol. The molecule has 0 amide bonds. The molecule has 1 aliphatic rings. The van der Waals surface area contributed by atoms with Gasteiger partial charge in [0.1, 0.15) is 5.69 Å². The fourth-order valence-electron chi connectivity index (χ4n) is 1.88. The Labute approximate surface area is 110 Å². The number of anilines is 1. The molecule has 1 aliphatic heterocycles. The molecule has 1 unspecified atom stereocenters. The lowest BCUT2D eigenvalue weighted by molar-refractivity contribution is -0.384. The van der Waals surface area contributed by atoms with Gasteiger partial charge in [-0.1, -0.05) is 0 Å². The summed E-state index contributed by atoms with van der Waals surface area (Å²) in [7, 11) is 0. The first-order chi connectivity index (χ1) is 9.20. The largest absolute Gasteiger partial charge is 0.377 e. The van der Waals surface area contributed by atoms with Gasteiger partial charge in [0.05, 0.1) is 29.3 Å². The molecule has 0 bridgehead atoms. The van der Waals surface area contributed by atoms with Crippen molar-refractivity contribution in [3.8, 4) is 6.07 Å². The van der Waals surface area contributed by atoms with Crippen LogP contribution in [0.25, 0.3) is 0 Å². The molecule has 1 saturated heterocycles. The fraction of sp³-hybridized carbons (Fsp3) is 0.417. The number of hydrogen-bond acceptors (Lipinski definition) is 6. The van der Waals surface area contributed by atoms with Crippen LogP contribution in [0, 0.1) is 21.4 Å². The summed E-state index contributed by atoms with van der Waals surface area (Å²) in [6.07, 6.45) is -0.0286. The van der Waals surface area contributed by atoms with E-state index in [2.05, 4.69) is 10.6 Å². The van der Waals surface area contributed by atoms with Crippen LogP contribution in [0.1, 0.15) is 5.56 Å². The van der Waals surface area contributed by atoms with Crippen LogP contribution >= 0.6 is 0 Å². The molecule has 0 radical (unpaired) electrons. The lowest BCUT2D eigenvalue weighted by atomic mass is 10.2. The number of nitro groups is 1. The topological polar surface area (TPSA) is 100 Å². The Bertz CT molecular complexity index is 506. The predicted octanol–water partition coefficient (Wildman–Crippen LogP) is 0.867. The fourth-order valence-corrected chi connectivity index (χ4v) is 1.88. The van der Waals surface area contributed by atoms with Gasteiger partial charge in [-0.15, -0.1) is 0 Å². The van der Waals surface area contributed by atoms with Gasteiger partial charge >= 0.3 is 0 Å². The molecule has 1 atom stereocenters. The van der Waals surface area contributed by atoms with E-state index < -0.39 is 4.92 Å². The standard InChI is InChI=1S/C12H14N4O3/c13-6-9-1-2-12(16(17)18)11(5-9)15-8-10-7-14-3-4-19-10/h1-2,5,10,14-15H,3-4,7-8H2. The molecule has 7 heteroatoms. The average Bonchev–Trinajstić information content (AvgIpc) is 2.45. The van der Waals surface area contributed by atoms with Gasteiger partial charge in [0.25, 0.3) is 5.69 Å². The van der Waals surface area contributed by atoms with Crippen molar-refractivity contribution in [2.24, 2.45) is 0 Å². The van der Waals surface area contributed by atoms with Gasteiger partial charge in [-0.2, -0.15) is 5.26 Å². The van der Waals surface area contributed by atoms with E-state index >= 15 is 0 Å². The molecule has 19 heavy (non-hydrogen) atoms. The van der Waals surface area contributed by atoms with Crippen LogP contribution < -0.4 is 10.6 Å². The Kier molecular flexibility index (Phi) is 4.28. The number of nitro benzene ring substituents is 1. The maximum Gasteiger partial charge on any atom is 0.292 e. The number of hydrogen-bond donors (Lipinski definition) is 2. The SMILES string of the molecule is N#Cc1ccc([N+](=O)[O-])c(NCC2CNCCO2)c1. The molecule has 1 fully saturated rings. The Balaban J connectivity index is 2.08. The van der Waals surface area contributed by atoms with E-state index in [4.69, 9.17) is 10.00 Å². The molecule has 2 N–H and O–H groups in total. The summed E-state index contributed by atoms with van der Waals surface area (Å²) in [4.78, 5) is 10.4. The third-order valence-corrected chi connectivity index (χ3v) is 2.85. The normalized spacial score (nSPS) is 18.6. The van der Waals surface area contributed by atoms with Crippen molar-refractivity contribution >= 4 is 11.4 Å². The first-order valence-corrected chi connectivity index (χ1v) is 5.95. The van der Waals surface area contributed by atoms with Crippen LogP contribution in [0.5, 0.6) is 0 Å². The second-order valence-corrected chi connectivity index (χ2v) is 4.18. The molecule has 7 nitrogen and oxygen atoms in total. The molecule has 0 aromatic heterocycles. The summed E-state index contributed by atoms with van der Waals surface area (Å²) in [6.45, 7) is 2.62. The minimum absolute atomic E-state index is 0.0286. The van der Waals surface area contributed by atoms with Crippen LogP contribution in [0.2, 0.25) is 0 Å². The zero-order chi connectivity index (χ0) is 13.7. The molecule has 2 rings (SSSR count). The van der Waals surface area contributed by atoms with Crippen LogP contribution in [0.3, 0.4) is 0 Å². The minimum Gasteiger partial charge on any atom is -0.377 e. The first-order valence-electron chi connectivity index (χ1n) is 5.95. The van der Waals surface area contributed by atoms with Gasteiger partial charge in [0.2, 0.25) is 0 Å². The number of benzene rings is 1. The second kappa shape index (κ2) is 6.13. The first kappa shape index (κ1) is 13.3. The van der Waals surface area contributed by atoms with Crippen molar-refractivity contribution in [1.29, 1.82) is 5.26 Å². The van der Waals surface area contributed by atoms with E-state index in [0.717, 1.165) is 6.54 Å². The van der Waals surface area contributed by atoms with E-state index in [1.807, 2.05) is 6.07 Å². The number of morpholine rings is 1. The number of nitrogens with one attached hydrogen (secondary N) is 2. The number of ether oxygens (including phenoxy) is 1. The third kappa shape index (κ3) is 3.40. The molecule has 1 heterocycles. The zero-order valence-corrected chi connectivity index (χ0v) is 10.3. The van der Waals surface area contributed by atoms with Crippen molar-refractivity contribution in [2.45, 2.75) is 6.10 Å². The quantitative estimate of drug-likeness (QED) is 0.616. The van der Waals surface area contributed by atoms with Crippen molar-refractivity contribution in [2.75, 3.05) is 31.6 Å². The number of nitriles is 1. The molecule has 1 aromatic rings. The monoisotopic (exact) mass is 262 g/mol. The Morgan fingerprint density at radius 3 is 3.11 bits per heavy atom. The second-order valence-electron chi connectivity index (χ2n) is 4.18. The van der Waals surface area contributed by atoms with E-state index in [1.165, 1.54) is 18.2 Å². The number of rotatable bonds is 4. The highest BCUT2D eigenvalue weighted by Gasteiger charge is 2.17. The highest BCUT2D eigenvalue weighted by atomic mass is 16.6. The Morgan fingerprint density at radius 2 is 2.47 bits per heavy atom. The Morgan fingerprint density at radius 1 is 1.63 bits per heavy atom. The highest BCUT2D eigenvalue weighted by Crippen LogP contribution is 2.25. The van der Waals surface area contributed by atoms with Crippen molar-refractivity contribution in [3.63, 3.8) is 0 Å². The maximum absolute atomic E-state index is 10.9. The van der Waals surface area contributed by atoms with Gasteiger partial charge in [0, 0.05) is 25.7 Å². The lowest BCUT2D eigenvalue weighted by Gasteiger charge is -2.24. The van der Waals surface area contributed by atoms with Crippen LogP contribution in [-0.4, -0.2) is 37.3 Å². The lowest BCUT2D eigenvalue weighted by Crippen LogP contribution is -2.42. The molecule has 0 saturated carbocycles. The van der Waals surface area contributed by atoms with Crippen molar-refractivity contribution in [3.05, 3.63) is 33.9 Å². The van der Waals surface area contributed by atoms with E-state index in [0.29, 0.717) is 30.9 Å². The Hall–Kier alpha value is -2.17. The summed E-state index contributed by atoms with van der Waals surface area (Å²) in [5.41, 5.74) is 0.691. The minimum atomic E-state index is -0.469. The van der Waals surface area contributed by atoms with Gasteiger partial charge < -0.3 is 15.4 Å². The molecular formula is C12H14N4O3. The third-order valence-electron chi connectivity index (χ3n) is 2.85. The average molecular weight is 262 g/mol. The molecule has 1 aromatic carbocycles. The van der Waals surface area contributed by atoms with Gasteiger partial charge in [-0.3, -0.25) is 10.1 Å². The van der Waals surface area contributed by atoms with Crippen molar-refractivity contribution < 1.29 is 9.66 Å². The summed E-state index contributed by atoms with van der Waals surface area (Å²) in [6, 6.07) is 6.21. The molecule has 0 spiro atoms. The maximum atomic E-state index is 10.9. The summed E-state index contributed by atoms with van der Waals surface area (Å²) in [5.74, 6) is 0. The van der Waals surface area contributed by atoms with Crippen LogP contribution in [0.4, 0.5) is 11.4 Å². The van der Waals surface area contributed by atoms with Crippen LogP contribution in [-0.2, 0) is 4.74 Å². The molecule has 0 aliphatic carbocycles. The van der Waals surface area contributed by atoms with Crippen molar-refractivity contribution in [1.82, 2.24) is 5.32 Å². The van der Waals surface area contributed by atoms with Gasteiger partial charge in [-0.25, -0.2) is 0 Å². The van der Waals surface area contributed by atoms with E-state index in [-0.39, 0.29) is 11.8 Å². The highest BCUT2D eigenvalue weighted by molar-refractivity contribution is 5.64. The van der Waals surface area contributed by atoms with E-state index in [9.17, 15) is 10.1 Å². The predicted molar refractivity (Wildman–Crippen MR) is 68.9 cm³/mol. The number of nitrogens with zero attached hydrogens (tertiary/aromatic N) is 2. The summed E-state index contributed by atoms with van der Waals surface area (Å²) < 4.78 is 5.50. The van der Waals surface area contributed by atoms with Gasteiger partial charge in [0.15, 0.2) is 0 Å². The molecule has 100 valence electrons. The summed E-state index contributed by atoms with van der Waals surface area (Å²) >= 11 is 0. The smallest absolute Gasteiger partial charge is 0.292 e. The van der Waals surface area contributed by atoms with Gasteiger partial charge in [-0.05, 0) is 12.1 Å².